The number of carbonyl (C=O) groups is 2. The molecule has 2 rings (SSSR count). The molecule has 1 N–H and O–H groups in total. The number of hydrogen-bond acceptors (Lipinski definition) is 5. The zero-order chi connectivity index (χ0) is 18.0. The van der Waals surface area contributed by atoms with Crippen molar-refractivity contribution >= 4 is 12.6 Å². The van der Waals surface area contributed by atoms with Crippen LogP contribution < -0.4 is 5.43 Å². The first-order chi connectivity index (χ1) is 11.3. The molecule has 0 aliphatic carbocycles. The largest absolute Gasteiger partial charge is 0.463 e. The summed E-state index contributed by atoms with van der Waals surface area (Å²) in [6.45, 7) is 6.97. The summed E-state index contributed by atoms with van der Waals surface area (Å²) in [6.07, 6.45) is -0.896. The number of benzene rings is 1. The van der Waals surface area contributed by atoms with Gasteiger partial charge in [0.15, 0.2) is 0 Å². The van der Waals surface area contributed by atoms with Gasteiger partial charge in [0.25, 0.3) is 6.47 Å². The molecule has 1 aliphatic heterocycles. The fourth-order valence-electron chi connectivity index (χ4n) is 1.95. The first-order valence-electron chi connectivity index (χ1n) is 7.78. The molecule has 1 fully saturated rings. The van der Waals surface area contributed by atoms with E-state index >= 15 is 0 Å². The summed E-state index contributed by atoms with van der Waals surface area (Å²) in [5.74, 6) is 0. The van der Waals surface area contributed by atoms with Gasteiger partial charge in [-0.05, 0) is 32.8 Å². The second-order valence-corrected chi connectivity index (χ2v) is 6.34. The molecule has 6 nitrogen and oxygen atoms in total. The van der Waals surface area contributed by atoms with E-state index in [-0.39, 0.29) is 6.54 Å². The summed E-state index contributed by atoms with van der Waals surface area (Å²) in [7, 11) is 0. The molecule has 0 radical (unpaired) electrons. The zero-order valence-electron chi connectivity index (χ0n) is 14.3. The predicted molar refractivity (Wildman–Crippen MR) is 87.8 cm³/mol. The molecule has 1 aromatic rings. The van der Waals surface area contributed by atoms with Crippen molar-refractivity contribution in [2.45, 2.75) is 45.6 Å². The van der Waals surface area contributed by atoms with Crippen LogP contribution in [-0.2, 0) is 20.9 Å². The molecule has 1 heterocycles. The Morgan fingerprint density at radius 1 is 1.38 bits per heavy atom. The van der Waals surface area contributed by atoms with Crippen LogP contribution in [0.5, 0.6) is 0 Å². The Morgan fingerprint density at radius 3 is 2.54 bits per heavy atom. The Bertz CT molecular complexity index is 505. The van der Waals surface area contributed by atoms with Gasteiger partial charge in [-0.25, -0.2) is 14.2 Å². The molecule has 0 spiro atoms. The first kappa shape index (κ1) is 19.9. The number of hydrogen-bond donors (Lipinski definition) is 1. The van der Waals surface area contributed by atoms with Crippen LogP contribution in [0, 0.1) is 0 Å². The van der Waals surface area contributed by atoms with E-state index in [0.29, 0.717) is 26.0 Å². The second-order valence-electron chi connectivity index (χ2n) is 6.34. The highest BCUT2D eigenvalue weighted by molar-refractivity contribution is 5.67. The summed E-state index contributed by atoms with van der Waals surface area (Å²) in [4.78, 5) is 21.0. The van der Waals surface area contributed by atoms with Gasteiger partial charge >= 0.3 is 6.09 Å². The molecule has 1 saturated heterocycles. The first-order valence-corrected chi connectivity index (χ1v) is 7.78. The third-order valence-corrected chi connectivity index (χ3v) is 2.94. The van der Waals surface area contributed by atoms with E-state index in [2.05, 4.69) is 10.2 Å². The normalized spacial score (nSPS) is 17.4. The maximum absolute atomic E-state index is 12.7. The van der Waals surface area contributed by atoms with Crippen molar-refractivity contribution in [3.63, 3.8) is 0 Å². The summed E-state index contributed by atoms with van der Waals surface area (Å²) >= 11 is 0. The van der Waals surface area contributed by atoms with Gasteiger partial charge in [0.2, 0.25) is 0 Å². The van der Waals surface area contributed by atoms with E-state index in [4.69, 9.17) is 4.74 Å². The fraction of sp³-hybridized carbons (Fsp3) is 0.529. The molecular weight excluding hydrogens is 315 g/mol. The number of amides is 1. The van der Waals surface area contributed by atoms with Crippen molar-refractivity contribution in [3.8, 4) is 0 Å². The van der Waals surface area contributed by atoms with Crippen LogP contribution in [0.15, 0.2) is 30.3 Å². The molecular formula is C17H25FN2O4. The van der Waals surface area contributed by atoms with Crippen LogP contribution in [0.25, 0.3) is 0 Å². The Morgan fingerprint density at radius 2 is 2.04 bits per heavy atom. The predicted octanol–water partition coefficient (Wildman–Crippen LogP) is 2.83. The highest BCUT2D eigenvalue weighted by Gasteiger charge is 2.25. The minimum atomic E-state index is -0.843. The van der Waals surface area contributed by atoms with Gasteiger partial charge in [-0.3, -0.25) is 10.2 Å². The van der Waals surface area contributed by atoms with Gasteiger partial charge in [0.1, 0.15) is 18.4 Å². The van der Waals surface area contributed by atoms with E-state index in [1.54, 1.807) is 25.8 Å². The van der Waals surface area contributed by atoms with Gasteiger partial charge in [0.05, 0.1) is 0 Å². The van der Waals surface area contributed by atoms with Crippen LogP contribution in [0.3, 0.4) is 0 Å². The highest BCUT2D eigenvalue weighted by Crippen LogP contribution is 2.11. The Kier molecular flexibility index (Phi) is 8.18. The van der Waals surface area contributed by atoms with Gasteiger partial charge in [0, 0.05) is 13.1 Å². The van der Waals surface area contributed by atoms with Crippen molar-refractivity contribution in [2.24, 2.45) is 0 Å². The lowest BCUT2D eigenvalue weighted by atomic mass is 10.2. The van der Waals surface area contributed by atoms with E-state index in [1.165, 1.54) is 0 Å². The van der Waals surface area contributed by atoms with Crippen LogP contribution in [-0.4, -0.2) is 42.4 Å². The third-order valence-electron chi connectivity index (χ3n) is 2.94. The highest BCUT2D eigenvalue weighted by atomic mass is 19.1. The summed E-state index contributed by atoms with van der Waals surface area (Å²) < 4.78 is 22.3. The van der Waals surface area contributed by atoms with Gasteiger partial charge < -0.3 is 9.47 Å². The van der Waals surface area contributed by atoms with Crippen molar-refractivity contribution in [1.82, 2.24) is 10.4 Å². The van der Waals surface area contributed by atoms with Gasteiger partial charge in [-0.2, -0.15) is 0 Å². The molecule has 0 saturated carbocycles. The van der Waals surface area contributed by atoms with E-state index < -0.39 is 17.9 Å². The van der Waals surface area contributed by atoms with Crippen molar-refractivity contribution in [2.75, 3.05) is 13.1 Å². The number of nitrogens with one attached hydrogen (secondary N) is 1. The molecule has 1 aliphatic rings. The average molecular weight is 340 g/mol. The molecule has 134 valence electrons. The van der Waals surface area contributed by atoms with Crippen molar-refractivity contribution in [1.29, 1.82) is 0 Å². The van der Waals surface area contributed by atoms with Crippen molar-refractivity contribution in [3.05, 3.63) is 35.9 Å². The quantitative estimate of drug-likeness (QED) is 0.854. The third kappa shape index (κ3) is 9.09. The van der Waals surface area contributed by atoms with Crippen LogP contribution in [0.1, 0.15) is 32.8 Å². The standard InChI is InChI=1S/C9H17FN2O2.C8H8O2/c1-9(2,3)14-8(13)11-12-5-4-7(10)6-12;9-7-10-6-8-4-2-1-3-5-8/h7H,4-6H2,1-3H3,(H,11,13);1-5,7H,6H2. The Hall–Kier alpha value is -2.15. The number of carbonyl (C=O) groups excluding carboxylic acids is 2. The van der Waals surface area contributed by atoms with E-state index in [0.717, 1.165) is 5.56 Å². The topological polar surface area (TPSA) is 67.9 Å². The maximum atomic E-state index is 12.7. The number of halogens is 1. The smallest absolute Gasteiger partial charge is 0.422 e. The van der Waals surface area contributed by atoms with Crippen LogP contribution in [0.4, 0.5) is 9.18 Å². The maximum Gasteiger partial charge on any atom is 0.422 e. The number of hydrazine groups is 1. The van der Waals surface area contributed by atoms with Crippen molar-refractivity contribution < 1.29 is 23.5 Å². The lowest BCUT2D eigenvalue weighted by Gasteiger charge is -2.22. The molecule has 1 unspecified atom stereocenters. The minimum absolute atomic E-state index is 0.249. The molecule has 1 atom stereocenters. The van der Waals surface area contributed by atoms with Crippen LogP contribution in [0.2, 0.25) is 0 Å². The molecule has 1 amide bonds. The molecule has 1 aromatic carbocycles. The number of rotatable bonds is 4. The summed E-state index contributed by atoms with van der Waals surface area (Å²) in [5.41, 5.74) is 2.99. The average Bonchev–Trinajstić information content (AvgIpc) is 2.90. The summed E-state index contributed by atoms with van der Waals surface area (Å²) in [6, 6.07) is 9.55. The van der Waals surface area contributed by atoms with Gasteiger partial charge in [-0.1, -0.05) is 30.3 Å². The number of ether oxygens (including phenoxy) is 2. The molecule has 24 heavy (non-hydrogen) atoms. The Labute approximate surface area is 141 Å². The fourth-order valence-corrected chi connectivity index (χ4v) is 1.95. The van der Waals surface area contributed by atoms with E-state index in [1.807, 2.05) is 30.3 Å². The SMILES string of the molecule is CC(C)(C)OC(=O)NN1CCC(F)C1.O=COCc1ccccc1. The second kappa shape index (κ2) is 9.87. The van der Waals surface area contributed by atoms with E-state index in [9.17, 15) is 14.0 Å². The summed E-state index contributed by atoms with van der Waals surface area (Å²) in [5, 5.41) is 1.54. The lowest BCUT2D eigenvalue weighted by molar-refractivity contribution is -0.129. The van der Waals surface area contributed by atoms with Crippen LogP contribution >= 0.6 is 0 Å². The number of alkyl halides is 1. The monoisotopic (exact) mass is 340 g/mol. The molecule has 7 heteroatoms. The zero-order valence-corrected chi connectivity index (χ0v) is 14.3. The molecule has 0 aromatic heterocycles. The number of nitrogens with zero attached hydrogens (tertiary/aromatic N) is 1. The van der Waals surface area contributed by atoms with Gasteiger partial charge in [-0.15, -0.1) is 0 Å². The Balaban J connectivity index is 0.000000254. The lowest BCUT2D eigenvalue weighted by Crippen LogP contribution is -2.43. The molecule has 0 bridgehead atoms. The minimum Gasteiger partial charge on any atom is -0.463 e.